The Morgan fingerprint density at radius 1 is 0.966 bits per heavy atom. The van der Waals surface area contributed by atoms with Crippen LogP contribution in [0, 0.1) is 5.92 Å². The summed E-state index contributed by atoms with van der Waals surface area (Å²) < 4.78 is 1.49. The first-order chi connectivity index (χ1) is 14.2. The number of hydrogen-bond acceptors (Lipinski definition) is 3. The van der Waals surface area contributed by atoms with E-state index in [4.69, 9.17) is 0 Å². The lowest BCUT2D eigenvalue weighted by Crippen LogP contribution is -2.22. The van der Waals surface area contributed by atoms with Crippen LogP contribution in [0.1, 0.15) is 27.9 Å². The molecule has 5 heteroatoms. The van der Waals surface area contributed by atoms with Crippen LogP contribution in [0.5, 0.6) is 0 Å². The fourth-order valence-corrected chi connectivity index (χ4v) is 3.97. The second kappa shape index (κ2) is 7.02. The third-order valence-corrected chi connectivity index (χ3v) is 5.41. The van der Waals surface area contributed by atoms with Gasteiger partial charge in [0.05, 0.1) is 11.1 Å². The van der Waals surface area contributed by atoms with E-state index in [1.54, 1.807) is 6.20 Å². The minimum atomic E-state index is -0.170. The maximum Gasteiger partial charge on any atom is 0.281 e. The van der Waals surface area contributed by atoms with Gasteiger partial charge >= 0.3 is 0 Å². The highest BCUT2D eigenvalue weighted by Crippen LogP contribution is 2.30. The highest BCUT2D eigenvalue weighted by molar-refractivity contribution is 6.02. The van der Waals surface area contributed by atoms with Gasteiger partial charge in [-0.15, -0.1) is 0 Å². The van der Waals surface area contributed by atoms with Crippen LogP contribution < -0.4 is 5.56 Å². The quantitative estimate of drug-likeness (QED) is 0.579. The molecule has 0 fully saturated rings. The van der Waals surface area contributed by atoms with Crippen molar-refractivity contribution in [3.8, 4) is 5.69 Å². The largest absolute Gasteiger partial charge is 0.294 e. The van der Waals surface area contributed by atoms with E-state index in [1.165, 1.54) is 4.68 Å². The number of nitrogens with zero attached hydrogens (tertiary/aromatic N) is 2. The van der Waals surface area contributed by atoms with Crippen molar-refractivity contribution >= 4 is 22.9 Å². The molecule has 0 radical (unpaired) electrons. The van der Waals surface area contributed by atoms with Crippen molar-refractivity contribution in [2.45, 2.75) is 12.8 Å². The number of carbonyl (C=O) groups is 1. The Balaban J connectivity index is 1.58. The van der Waals surface area contributed by atoms with Gasteiger partial charge in [-0.05, 0) is 35.6 Å². The molecule has 0 spiro atoms. The molecular weight excluding hydrogens is 362 g/mol. The fourth-order valence-electron chi connectivity index (χ4n) is 3.97. The van der Waals surface area contributed by atoms with Crippen LogP contribution in [0.3, 0.4) is 0 Å². The molecule has 1 unspecified atom stereocenters. The number of allylic oxidation sites excluding steroid dienone is 1. The zero-order chi connectivity index (χ0) is 19.8. The normalized spacial score (nSPS) is 16.4. The highest BCUT2D eigenvalue weighted by Gasteiger charge is 2.28. The molecule has 1 N–H and O–H groups in total. The Morgan fingerprint density at radius 2 is 1.69 bits per heavy atom. The molecular formula is C24H19N3O2. The third kappa shape index (κ3) is 3.10. The van der Waals surface area contributed by atoms with Crippen molar-refractivity contribution in [3.63, 3.8) is 0 Å². The number of H-pyrrole nitrogens is 1. The van der Waals surface area contributed by atoms with Gasteiger partial charge in [0.2, 0.25) is 0 Å². The predicted octanol–water partition coefficient (Wildman–Crippen LogP) is 4.17. The molecule has 1 aliphatic rings. The molecule has 0 aliphatic heterocycles. The van der Waals surface area contributed by atoms with Gasteiger partial charge in [-0.25, -0.2) is 9.67 Å². The van der Waals surface area contributed by atoms with Gasteiger partial charge in [-0.3, -0.25) is 14.7 Å². The maximum atomic E-state index is 13.2. The van der Waals surface area contributed by atoms with Crippen LogP contribution >= 0.6 is 0 Å². The zero-order valence-electron chi connectivity index (χ0n) is 15.7. The van der Waals surface area contributed by atoms with Gasteiger partial charge in [0.1, 0.15) is 0 Å². The number of benzene rings is 2. The summed E-state index contributed by atoms with van der Waals surface area (Å²) in [6, 6.07) is 19.4. The molecule has 5 rings (SSSR count). The Kier molecular flexibility index (Phi) is 4.21. The average Bonchev–Trinajstić information content (AvgIpc) is 3.10. The molecule has 0 saturated heterocycles. The average molecular weight is 381 g/mol. The fraction of sp³-hybridized carbons (Fsp3) is 0.125. The van der Waals surface area contributed by atoms with E-state index >= 15 is 0 Å². The Labute approximate surface area is 167 Å². The van der Waals surface area contributed by atoms with Crippen molar-refractivity contribution in [2.75, 3.05) is 0 Å². The molecule has 4 aromatic rings. The zero-order valence-corrected chi connectivity index (χ0v) is 15.7. The van der Waals surface area contributed by atoms with Crippen LogP contribution in [0.15, 0.2) is 77.7 Å². The number of hydrogen-bond donors (Lipinski definition) is 1. The van der Waals surface area contributed by atoms with Gasteiger partial charge in [0.15, 0.2) is 11.4 Å². The van der Waals surface area contributed by atoms with Gasteiger partial charge in [-0.2, -0.15) is 0 Å². The van der Waals surface area contributed by atoms with Crippen molar-refractivity contribution in [1.29, 1.82) is 0 Å². The van der Waals surface area contributed by atoms with Crippen LogP contribution in [-0.2, 0) is 6.42 Å². The molecule has 29 heavy (non-hydrogen) atoms. The summed E-state index contributed by atoms with van der Waals surface area (Å²) in [6.07, 6.45) is 6.79. The minimum absolute atomic E-state index is 0.0372. The van der Waals surface area contributed by atoms with Gasteiger partial charge < -0.3 is 0 Å². The smallest absolute Gasteiger partial charge is 0.281 e. The van der Waals surface area contributed by atoms with Crippen molar-refractivity contribution in [1.82, 2.24) is 14.8 Å². The number of fused-ring (bicyclic) bond motifs is 3. The monoisotopic (exact) mass is 381 g/mol. The summed E-state index contributed by atoms with van der Waals surface area (Å²) in [7, 11) is 0. The minimum Gasteiger partial charge on any atom is -0.294 e. The molecule has 142 valence electrons. The molecule has 1 aliphatic carbocycles. The number of ketones is 1. The Bertz CT molecular complexity index is 1280. The summed E-state index contributed by atoms with van der Waals surface area (Å²) in [4.78, 5) is 30.3. The number of nitrogens with one attached hydrogen (secondary N) is 1. The summed E-state index contributed by atoms with van der Waals surface area (Å²) >= 11 is 0. The van der Waals surface area contributed by atoms with E-state index in [9.17, 15) is 9.59 Å². The van der Waals surface area contributed by atoms with E-state index in [0.717, 1.165) is 16.8 Å². The van der Waals surface area contributed by atoms with Crippen LogP contribution in [0.2, 0.25) is 0 Å². The van der Waals surface area contributed by atoms with Crippen LogP contribution in [-0.4, -0.2) is 20.5 Å². The van der Waals surface area contributed by atoms with Crippen molar-refractivity contribution < 1.29 is 4.79 Å². The maximum absolute atomic E-state index is 13.2. The second-order valence-electron chi connectivity index (χ2n) is 7.32. The van der Waals surface area contributed by atoms with E-state index in [0.29, 0.717) is 29.4 Å². The first kappa shape index (κ1) is 17.4. The Hall–Kier alpha value is -3.73. The van der Waals surface area contributed by atoms with Crippen molar-refractivity contribution in [2.24, 2.45) is 5.92 Å². The van der Waals surface area contributed by atoms with Crippen molar-refractivity contribution in [3.05, 3.63) is 100.0 Å². The SMILES string of the molecule is O=C1CC(/C=C/c2ccccc2)Cc2c1cnc1[nH]n(-c3ccccc3)c(=O)c21. The number of Topliss-reactive ketones (excluding diaryl/α,β-unsaturated/α-hetero) is 1. The molecule has 2 heterocycles. The lowest BCUT2D eigenvalue weighted by molar-refractivity contribution is 0.0959. The number of carbonyl (C=O) groups excluding carboxylic acids is 1. The van der Waals surface area contributed by atoms with Crippen LogP contribution in [0.25, 0.3) is 22.8 Å². The standard InChI is InChI=1S/C24H19N3O2/c28-21-14-17(12-11-16-7-3-1-4-8-16)13-19-20(21)15-25-23-22(19)24(29)27(26-23)18-9-5-2-6-10-18/h1-12,15,17H,13-14H2,(H,25,26)/b12-11+. The van der Waals surface area contributed by atoms with Gasteiger partial charge in [-0.1, -0.05) is 60.7 Å². The van der Waals surface area contributed by atoms with Gasteiger partial charge in [0, 0.05) is 18.2 Å². The first-order valence-electron chi connectivity index (χ1n) is 9.65. The second-order valence-corrected chi connectivity index (χ2v) is 7.32. The van der Waals surface area contributed by atoms with Gasteiger partial charge in [0.25, 0.3) is 5.56 Å². The highest BCUT2D eigenvalue weighted by atomic mass is 16.1. The lowest BCUT2D eigenvalue weighted by atomic mass is 9.82. The number of rotatable bonds is 3. The predicted molar refractivity (Wildman–Crippen MR) is 113 cm³/mol. The molecule has 0 bridgehead atoms. The number of aromatic amines is 1. The number of pyridine rings is 1. The molecule has 5 nitrogen and oxygen atoms in total. The molecule has 0 saturated carbocycles. The molecule has 1 atom stereocenters. The van der Waals surface area contributed by atoms with E-state index in [1.807, 2.05) is 66.7 Å². The lowest BCUT2D eigenvalue weighted by Gasteiger charge is -2.21. The summed E-state index contributed by atoms with van der Waals surface area (Å²) in [6.45, 7) is 0. The molecule has 2 aromatic heterocycles. The van der Waals surface area contributed by atoms with E-state index in [2.05, 4.69) is 16.2 Å². The summed E-state index contributed by atoms with van der Waals surface area (Å²) in [5.74, 6) is 0.0931. The number of para-hydroxylation sites is 1. The van der Waals surface area contributed by atoms with Crippen LogP contribution in [0.4, 0.5) is 0 Å². The third-order valence-electron chi connectivity index (χ3n) is 5.41. The summed E-state index contributed by atoms with van der Waals surface area (Å²) in [5, 5.41) is 3.59. The summed E-state index contributed by atoms with van der Waals surface area (Å²) in [5.41, 5.74) is 3.54. The van der Waals surface area contributed by atoms with E-state index in [-0.39, 0.29) is 17.3 Å². The number of aromatic nitrogens is 3. The first-order valence-corrected chi connectivity index (χ1v) is 9.65. The van der Waals surface area contributed by atoms with E-state index < -0.39 is 0 Å². The topological polar surface area (TPSA) is 67.8 Å². The molecule has 0 amide bonds. The Morgan fingerprint density at radius 3 is 2.45 bits per heavy atom. The molecule has 2 aromatic carbocycles.